The van der Waals surface area contributed by atoms with E-state index >= 15 is 0 Å². The van der Waals surface area contributed by atoms with Crippen molar-refractivity contribution in [3.63, 3.8) is 0 Å². The normalized spacial score (nSPS) is 9.58. The zero-order valence-electron chi connectivity index (χ0n) is 13.5. The molecule has 0 aliphatic carbocycles. The van der Waals surface area contributed by atoms with Crippen molar-refractivity contribution in [2.24, 2.45) is 0 Å². The van der Waals surface area contributed by atoms with E-state index in [1.54, 1.807) is 7.11 Å². The molecule has 0 aliphatic rings. The molecule has 0 aromatic carbocycles. The van der Waals surface area contributed by atoms with Gasteiger partial charge in [-0.25, -0.2) is 4.98 Å². The van der Waals surface area contributed by atoms with Gasteiger partial charge in [0.15, 0.2) is 0 Å². The van der Waals surface area contributed by atoms with E-state index < -0.39 is 0 Å². The number of hydrogen-bond acceptors (Lipinski definition) is 3. The Kier molecular flexibility index (Phi) is 9.95. The molecular weight excluding hydrogens is 236 g/mol. The second-order valence-electron chi connectivity index (χ2n) is 4.56. The summed E-state index contributed by atoms with van der Waals surface area (Å²) in [7, 11) is 5.71. The summed E-state index contributed by atoms with van der Waals surface area (Å²) in [4.78, 5) is 6.64. The molecule has 0 radical (unpaired) electrons. The highest BCUT2D eigenvalue weighted by molar-refractivity contribution is 5.44. The smallest absolute Gasteiger partial charge is 0.132 e. The monoisotopic (exact) mass is 266 g/mol. The maximum absolute atomic E-state index is 5.31. The lowest BCUT2D eigenvalue weighted by Crippen LogP contribution is -2.11. The van der Waals surface area contributed by atoms with Crippen LogP contribution >= 0.6 is 0 Å². The lowest BCUT2D eigenvalue weighted by molar-refractivity contribution is 0.413. The minimum Gasteiger partial charge on any atom is -0.497 e. The van der Waals surface area contributed by atoms with Crippen LogP contribution in [0.15, 0.2) is 12.1 Å². The Morgan fingerprint density at radius 3 is 2.32 bits per heavy atom. The molecule has 1 aromatic rings. The van der Waals surface area contributed by atoms with Crippen LogP contribution in [-0.4, -0.2) is 26.2 Å². The van der Waals surface area contributed by atoms with Crippen LogP contribution in [0, 0.1) is 0 Å². The van der Waals surface area contributed by atoms with Gasteiger partial charge in [0.05, 0.1) is 7.11 Å². The molecule has 0 aliphatic heterocycles. The van der Waals surface area contributed by atoms with E-state index in [1.807, 2.05) is 45.0 Å². The Morgan fingerprint density at radius 1 is 1.11 bits per heavy atom. The van der Waals surface area contributed by atoms with Crippen LogP contribution in [0.3, 0.4) is 0 Å². The molecule has 1 aromatic heterocycles. The lowest BCUT2D eigenvalue weighted by Gasteiger charge is -2.14. The second-order valence-corrected chi connectivity index (χ2v) is 4.56. The highest BCUT2D eigenvalue weighted by Gasteiger charge is 2.04. The van der Waals surface area contributed by atoms with Crippen LogP contribution < -0.4 is 9.64 Å². The number of ether oxygens (including phenoxy) is 1. The Morgan fingerprint density at radius 2 is 1.79 bits per heavy atom. The van der Waals surface area contributed by atoms with Gasteiger partial charge in [-0.3, -0.25) is 0 Å². The molecule has 0 fully saturated rings. The molecule has 1 heterocycles. The molecule has 3 heteroatoms. The molecular formula is C16H30N2O. The SMILES string of the molecule is CC.CCCCCCc1cc(OC)cc(N(C)C)n1. The molecule has 0 saturated carbocycles. The summed E-state index contributed by atoms with van der Waals surface area (Å²) in [6, 6.07) is 4.01. The van der Waals surface area contributed by atoms with Crippen molar-refractivity contribution in [1.29, 1.82) is 0 Å². The number of anilines is 1. The van der Waals surface area contributed by atoms with Crippen molar-refractivity contribution in [2.45, 2.75) is 52.9 Å². The number of aryl methyl sites for hydroxylation is 1. The highest BCUT2D eigenvalue weighted by atomic mass is 16.5. The molecule has 0 saturated heterocycles. The van der Waals surface area contributed by atoms with Crippen LogP contribution in [0.4, 0.5) is 5.82 Å². The first-order chi connectivity index (χ1) is 9.17. The Balaban J connectivity index is 0.00000154. The maximum Gasteiger partial charge on any atom is 0.132 e. The minimum atomic E-state index is 0.897. The zero-order chi connectivity index (χ0) is 14.7. The molecule has 110 valence electrons. The van der Waals surface area contributed by atoms with Crippen LogP contribution in [0.5, 0.6) is 5.75 Å². The lowest BCUT2D eigenvalue weighted by atomic mass is 10.1. The van der Waals surface area contributed by atoms with Crippen LogP contribution in [0.25, 0.3) is 0 Å². The number of rotatable bonds is 7. The van der Waals surface area contributed by atoms with Crippen molar-refractivity contribution in [3.8, 4) is 5.75 Å². The molecule has 3 nitrogen and oxygen atoms in total. The van der Waals surface area contributed by atoms with Gasteiger partial charge in [0.1, 0.15) is 11.6 Å². The molecule has 0 unspecified atom stereocenters. The van der Waals surface area contributed by atoms with E-state index in [2.05, 4.69) is 11.9 Å². The van der Waals surface area contributed by atoms with Gasteiger partial charge < -0.3 is 9.64 Å². The Hall–Kier alpha value is -1.25. The summed E-state index contributed by atoms with van der Waals surface area (Å²) in [6.07, 6.45) is 6.12. The summed E-state index contributed by atoms with van der Waals surface area (Å²) >= 11 is 0. The van der Waals surface area contributed by atoms with Crippen LogP contribution in [-0.2, 0) is 6.42 Å². The summed E-state index contributed by atoms with van der Waals surface area (Å²) in [5.41, 5.74) is 1.13. The van der Waals surface area contributed by atoms with Gasteiger partial charge in [-0.2, -0.15) is 0 Å². The molecule has 0 bridgehead atoms. The fourth-order valence-electron chi connectivity index (χ4n) is 1.75. The average molecular weight is 266 g/mol. The fraction of sp³-hybridized carbons (Fsp3) is 0.688. The third kappa shape index (κ3) is 7.04. The van der Waals surface area contributed by atoms with Gasteiger partial charge in [-0.1, -0.05) is 40.0 Å². The molecule has 0 atom stereocenters. The second kappa shape index (κ2) is 10.7. The average Bonchev–Trinajstić information content (AvgIpc) is 2.45. The first kappa shape index (κ1) is 17.8. The third-order valence-electron chi connectivity index (χ3n) is 2.82. The van der Waals surface area contributed by atoms with Crippen LogP contribution in [0.1, 0.15) is 52.1 Å². The Bertz CT molecular complexity index is 338. The van der Waals surface area contributed by atoms with Gasteiger partial charge >= 0.3 is 0 Å². The van der Waals surface area contributed by atoms with Crippen molar-refractivity contribution in [3.05, 3.63) is 17.8 Å². The van der Waals surface area contributed by atoms with Gasteiger partial charge in [-0.15, -0.1) is 0 Å². The van der Waals surface area contributed by atoms with Crippen molar-refractivity contribution in [2.75, 3.05) is 26.1 Å². The number of nitrogens with zero attached hydrogens (tertiary/aromatic N) is 2. The highest BCUT2D eigenvalue weighted by Crippen LogP contribution is 2.20. The summed E-state index contributed by atoms with van der Waals surface area (Å²) in [5.74, 6) is 1.86. The zero-order valence-corrected chi connectivity index (χ0v) is 13.5. The number of aromatic nitrogens is 1. The molecule has 1 rings (SSSR count). The summed E-state index contributed by atoms with van der Waals surface area (Å²) < 4.78 is 5.31. The van der Waals surface area contributed by atoms with E-state index in [1.165, 1.54) is 25.7 Å². The molecule has 0 amide bonds. The Labute approximate surface area is 119 Å². The molecule has 0 N–H and O–H groups in total. The van der Waals surface area contributed by atoms with E-state index in [0.717, 1.165) is 23.7 Å². The van der Waals surface area contributed by atoms with Gasteiger partial charge in [0.25, 0.3) is 0 Å². The minimum absolute atomic E-state index is 0.897. The largest absolute Gasteiger partial charge is 0.497 e. The number of pyridine rings is 1. The van der Waals surface area contributed by atoms with E-state index in [4.69, 9.17) is 4.74 Å². The van der Waals surface area contributed by atoms with Crippen LogP contribution in [0.2, 0.25) is 0 Å². The first-order valence-corrected chi connectivity index (χ1v) is 7.39. The summed E-state index contributed by atoms with van der Waals surface area (Å²) in [5, 5.41) is 0. The summed E-state index contributed by atoms with van der Waals surface area (Å²) in [6.45, 7) is 6.23. The van der Waals surface area contributed by atoms with Gasteiger partial charge in [-0.05, 0) is 12.8 Å². The number of methoxy groups -OCH3 is 1. The fourth-order valence-corrected chi connectivity index (χ4v) is 1.75. The van der Waals surface area contributed by atoms with Crippen molar-refractivity contribution in [1.82, 2.24) is 4.98 Å². The topological polar surface area (TPSA) is 25.4 Å². The predicted octanol–water partition coefficient (Wildman–Crippen LogP) is 4.31. The van der Waals surface area contributed by atoms with E-state index in [-0.39, 0.29) is 0 Å². The predicted molar refractivity (Wildman–Crippen MR) is 84.3 cm³/mol. The third-order valence-corrected chi connectivity index (χ3v) is 2.82. The van der Waals surface area contributed by atoms with Crippen molar-refractivity contribution < 1.29 is 4.74 Å². The van der Waals surface area contributed by atoms with Gasteiger partial charge in [0.2, 0.25) is 0 Å². The van der Waals surface area contributed by atoms with Gasteiger partial charge in [0, 0.05) is 31.9 Å². The van der Waals surface area contributed by atoms with E-state index in [9.17, 15) is 0 Å². The number of unbranched alkanes of at least 4 members (excludes halogenated alkanes) is 3. The standard InChI is InChI=1S/C14H24N2O.C2H6/c1-5-6-7-8-9-12-10-13(17-4)11-14(15-12)16(2)3;1-2/h10-11H,5-9H2,1-4H3;1-2H3. The number of hydrogen-bond donors (Lipinski definition) is 0. The maximum atomic E-state index is 5.31. The molecule has 0 spiro atoms. The quantitative estimate of drug-likeness (QED) is 0.688. The van der Waals surface area contributed by atoms with Crippen molar-refractivity contribution >= 4 is 5.82 Å². The first-order valence-electron chi connectivity index (χ1n) is 7.39. The van der Waals surface area contributed by atoms with E-state index in [0.29, 0.717) is 0 Å². The molecule has 19 heavy (non-hydrogen) atoms.